The Bertz CT molecular complexity index is 1350. The maximum absolute atomic E-state index is 14.2. The van der Waals surface area contributed by atoms with E-state index in [2.05, 4.69) is 33.9 Å². The zero-order valence-electron chi connectivity index (χ0n) is 25.9. The molecule has 2 saturated heterocycles. The lowest BCUT2D eigenvalue weighted by Crippen LogP contribution is -2.52. The second-order valence-electron chi connectivity index (χ2n) is 12.7. The Morgan fingerprint density at radius 1 is 1.00 bits per heavy atom. The summed E-state index contributed by atoms with van der Waals surface area (Å²) in [5.74, 6) is 1.37. The van der Waals surface area contributed by atoms with E-state index < -0.39 is 11.4 Å². The number of pyridine rings is 1. The van der Waals surface area contributed by atoms with E-state index in [9.17, 15) is 18.8 Å². The minimum Gasteiger partial charge on any atom is -0.352 e. The first-order chi connectivity index (χ1) is 20.9. The second-order valence-corrected chi connectivity index (χ2v) is 13.9. The van der Waals surface area contributed by atoms with Crippen molar-refractivity contribution in [1.82, 2.24) is 29.2 Å². The summed E-state index contributed by atoms with van der Waals surface area (Å²) in [5.41, 5.74) is -0.511. The number of hydrogen-bond acceptors (Lipinski definition) is 7. The standard InChI is InChI=1S/C32H49FN6O3S/c1-3-14-36(15-4-2)21-27-7-5-6-16-37(27)22-29(40)35-24-8-10-25(11-9-24)39-31(41)28-19-23(33)20-34-30(28)38(32(39)42)26-12-17-43-18-13-26/h19-20,24-27H,3-18,21-22H2,1-2H3,(H,35,40). The monoisotopic (exact) mass is 616 g/mol. The number of piperidine rings is 1. The SMILES string of the molecule is CCCN(CCC)CC1CCCCN1CC(=O)NC1CCC(n2c(=O)c3cc(F)cnc3n(C3CCSCC3)c2=O)CC1. The van der Waals surface area contributed by atoms with Crippen molar-refractivity contribution in [3.8, 4) is 0 Å². The van der Waals surface area contributed by atoms with Crippen molar-refractivity contribution in [2.24, 2.45) is 0 Å². The number of fused-ring (bicyclic) bond motifs is 1. The van der Waals surface area contributed by atoms with Crippen molar-refractivity contribution in [1.29, 1.82) is 0 Å². The topological polar surface area (TPSA) is 92.5 Å². The van der Waals surface area contributed by atoms with Gasteiger partial charge in [-0.25, -0.2) is 14.2 Å². The van der Waals surface area contributed by atoms with Crippen LogP contribution in [0.25, 0.3) is 11.0 Å². The molecule has 1 aliphatic carbocycles. The number of carbonyl (C=O) groups is 1. The van der Waals surface area contributed by atoms with Crippen LogP contribution in [0, 0.1) is 5.82 Å². The van der Waals surface area contributed by atoms with Crippen molar-refractivity contribution in [2.75, 3.05) is 44.2 Å². The van der Waals surface area contributed by atoms with Gasteiger partial charge >= 0.3 is 5.69 Å². The Balaban J connectivity index is 1.24. The third kappa shape index (κ3) is 7.71. The maximum atomic E-state index is 14.2. The Morgan fingerprint density at radius 2 is 1.70 bits per heavy atom. The molecule has 5 rings (SSSR count). The molecule has 238 valence electrons. The molecule has 1 saturated carbocycles. The highest BCUT2D eigenvalue weighted by molar-refractivity contribution is 7.99. The van der Waals surface area contributed by atoms with Crippen LogP contribution in [0.5, 0.6) is 0 Å². The molecule has 2 aliphatic heterocycles. The molecule has 2 aromatic rings. The number of amides is 1. The Labute approximate surface area is 258 Å². The number of nitrogens with zero attached hydrogens (tertiary/aromatic N) is 5. The van der Waals surface area contributed by atoms with E-state index in [4.69, 9.17) is 0 Å². The van der Waals surface area contributed by atoms with Gasteiger partial charge in [0.2, 0.25) is 5.91 Å². The molecule has 0 bridgehead atoms. The predicted octanol–water partition coefficient (Wildman–Crippen LogP) is 4.34. The van der Waals surface area contributed by atoms with Gasteiger partial charge in [0.05, 0.1) is 18.1 Å². The fourth-order valence-electron chi connectivity index (χ4n) is 7.44. The molecule has 9 nitrogen and oxygen atoms in total. The lowest BCUT2D eigenvalue weighted by atomic mass is 9.90. The lowest BCUT2D eigenvalue weighted by molar-refractivity contribution is -0.124. The van der Waals surface area contributed by atoms with Crippen LogP contribution in [-0.4, -0.2) is 86.1 Å². The fourth-order valence-corrected chi connectivity index (χ4v) is 8.52. The highest BCUT2D eigenvalue weighted by Gasteiger charge is 2.31. The Hall–Kier alpha value is -2.24. The molecule has 3 aliphatic rings. The third-order valence-electron chi connectivity index (χ3n) is 9.55. The molecular weight excluding hydrogens is 567 g/mol. The molecule has 1 N–H and O–H groups in total. The maximum Gasteiger partial charge on any atom is 0.333 e. The van der Waals surface area contributed by atoms with Crippen molar-refractivity contribution in [2.45, 2.75) is 109 Å². The number of carbonyl (C=O) groups excluding carboxylic acids is 1. The molecule has 4 heterocycles. The molecule has 2 aromatic heterocycles. The zero-order chi connectivity index (χ0) is 30.3. The van der Waals surface area contributed by atoms with Gasteiger partial charge in [0.15, 0.2) is 0 Å². The van der Waals surface area contributed by atoms with Crippen LogP contribution < -0.4 is 16.6 Å². The van der Waals surface area contributed by atoms with Gasteiger partial charge < -0.3 is 10.2 Å². The summed E-state index contributed by atoms with van der Waals surface area (Å²) in [6, 6.07) is 1.33. The molecule has 0 spiro atoms. The first-order valence-electron chi connectivity index (χ1n) is 16.5. The van der Waals surface area contributed by atoms with Gasteiger partial charge in [0, 0.05) is 30.7 Å². The summed E-state index contributed by atoms with van der Waals surface area (Å²) < 4.78 is 17.2. The number of thioether (sulfide) groups is 1. The van der Waals surface area contributed by atoms with E-state index >= 15 is 0 Å². The number of likely N-dealkylation sites (tertiary alicyclic amines) is 1. The highest BCUT2D eigenvalue weighted by Crippen LogP contribution is 2.30. The minimum absolute atomic E-state index is 0.0246. The van der Waals surface area contributed by atoms with E-state index in [0.717, 1.165) is 82.4 Å². The van der Waals surface area contributed by atoms with E-state index in [-0.39, 0.29) is 40.8 Å². The first-order valence-corrected chi connectivity index (χ1v) is 17.7. The van der Waals surface area contributed by atoms with Gasteiger partial charge in [-0.05, 0) is 101 Å². The lowest BCUT2D eigenvalue weighted by Gasteiger charge is -2.39. The van der Waals surface area contributed by atoms with Gasteiger partial charge in [-0.3, -0.25) is 23.6 Å². The first kappa shape index (κ1) is 32.2. The van der Waals surface area contributed by atoms with Crippen LogP contribution in [0.15, 0.2) is 21.9 Å². The molecule has 1 atom stereocenters. The number of hydrogen-bond donors (Lipinski definition) is 1. The fraction of sp³-hybridized carbons (Fsp3) is 0.750. The van der Waals surface area contributed by atoms with Gasteiger partial charge in [-0.1, -0.05) is 20.3 Å². The number of halogens is 1. The summed E-state index contributed by atoms with van der Waals surface area (Å²) in [7, 11) is 0. The van der Waals surface area contributed by atoms with E-state index in [0.29, 0.717) is 38.3 Å². The third-order valence-corrected chi connectivity index (χ3v) is 10.6. The van der Waals surface area contributed by atoms with Crippen LogP contribution in [0.3, 0.4) is 0 Å². The van der Waals surface area contributed by atoms with Crippen molar-refractivity contribution < 1.29 is 9.18 Å². The second kappa shape index (κ2) is 15.2. The quantitative estimate of drug-likeness (QED) is 0.402. The molecule has 43 heavy (non-hydrogen) atoms. The number of aromatic nitrogens is 3. The molecule has 11 heteroatoms. The average molecular weight is 617 g/mol. The van der Waals surface area contributed by atoms with Gasteiger partial charge in [-0.15, -0.1) is 0 Å². The van der Waals surface area contributed by atoms with Crippen molar-refractivity contribution in [3.63, 3.8) is 0 Å². The zero-order valence-corrected chi connectivity index (χ0v) is 26.8. The van der Waals surface area contributed by atoms with Gasteiger partial charge in [0.1, 0.15) is 11.5 Å². The van der Waals surface area contributed by atoms with E-state index in [1.807, 2.05) is 11.8 Å². The highest BCUT2D eigenvalue weighted by atomic mass is 32.2. The molecule has 3 fully saturated rings. The van der Waals surface area contributed by atoms with E-state index in [1.54, 1.807) is 4.57 Å². The van der Waals surface area contributed by atoms with Gasteiger partial charge in [0.25, 0.3) is 5.56 Å². The van der Waals surface area contributed by atoms with Crippen molar-refractivity contribution >= 4 is 28.7 Å². The van der Waals surface area contributed by atoms with Crippen LogP contribution in [0.2, 0.25) is 0 Å². The van der Waals surface area contributed by atoms with Crippen LogP contribution in [0.4, 0.5) is 4.39 Å². The predicted molar refractivity (Wildman–Crippen MR) is 171 cm³/mol. The summed E-state index contributed by atoms with van der Waals surface area (Å²) in [6.45, 7) is 9.06. The van der Waals surface area contributed by atoms with Crippen molar-refractivity contribution in [3.05, 3.63) is 38.9 Å². The number of nitrogens with one attached hydrogen (secondary N) is 1. The smallest absolute Gasteiger partial charge is 0.333 e. The Kier molecular flexibility index (Phi) is 11.3. The molecule has 1 unspecified atom stereocenters. The van der Waals surface area contributed by atoms with Crippen LogP contribution >= 0.6 is 11.8 Å². The van der Waals surface area contributed by atoms with Gasteiger partial charge in [-0.2, -0.15) is 11.8 Å². The minimum atomic E-state index is -0.577. The average Bonchev–Trinajstić information content (AvgIpc) is 3.00. The molecular formula is C32H49FN6O3S. The number of rotatable bonds is 11. The summed E-state index contributed by atoms with van der Waals surface area (Å²) in [6.07, 6.45) is 11.1. The summed E-state index contributed by atoms with van der Waals surface area (Å²) in [5, 5.41) is 3.43. The van der Waals surface area contributed by atoms with Crippen LogP contribution in [-0.2, 0) is 4.79 Å². The normalized spacial score (nSPS) is 24.0. The Morgan fingerprint density at radius 3 is 2.40 bits per heavy atom. The largest absolute Gasteiger partial charge is 0.352 e. The molecule has 1 amide bonds. The molecule has 0 aromatic carbocycles. The van der Waals surface area contributed by atoms with E-state index in [1.165, 1.54) is 17.1 Å². The van der Waals surface area contributed by atoms with Crippen LogP contribution in [0.1, 0.15) is 96.6 Å². The molecule has 0 radical (unpaired) electrons. The summed E-state index contributed by atoms with van der Waals surface area (Å²) >= 11 is 1.86. The summed E-state index contributed by atoms with van der Waals surface area (Å²) in [4.78, 5) is 49.8.